The summed E-state index contributed by atoms with van der Waals surface area (Å²) in [6.45, 7) is 14.9. The van der Waals surface area contributed by atoms with Crippen LogP contribution < -0.4 is 0 Å². The molecule has 1 aliphatic carbocycles. The van der Waals surface area contributed by atoms with Crippen molar-refractivity contribution in [2.45, 2.75) is 25.2 Å². The number of nitrogens with one attached hydrogen (secondary N) is 1. The Morgan fingerprint density at radius 3 is 2.31 bits per heavy atom. The Bertz CT molecular complexity index is 356. The van der Waals surface area contributed by atoms with Crippen molar-refractivity contribution in [1.29, 1.82) is 5.41 Å². The van der Waals surface area contributed by atoms with Crippen molar-refractivity contribution in [2.24, 2.45) is 5.41 Å². The van der Waals surface area contributed by atoms with Crippen LogP contribution in [0.3, 0.4) is 0 Å². The summed E-state index contributed by atoms with van der Waals surface area (Å²) in [5.41, 5.74) is -0.882. The lowest BCUT2D eigenvalue weighted by Gasteiger charge is -2.13. The minimum atomic E-state index is -1.41. The van der Waals surface area contributed by atoms with Crippen molar-refractivity contribution in [3.63, 3.8) is 0 Å². The van der Waals surface area contributed by atoms with Gasteiger partial charge in [0.2, 0.25) is 5.79 Å². The average Bonchev–Trinajstić information content (AvgIpc) is 2.71. The molecule has 0 aromatic heterocycles. The predicted octanol–water partition coefficient (Wildman–Crippen LogP) is 1.16. The maximum atomic E-state index is 10.5. The molecule has 1 aliphatic rings. The fourth-order valence-corrected chi connectivity index (χ4v) is 2.57. The molecule has 3 unspecified atom stereocenters. The minimum Gasteiger partial charge on any atom is -0.361 e. The molecule has 16 heavy (non-hydrogen) atoms. The van der Waals surface area contributed by atoms with E-state index in [4.69, 9.17) is 10.1 Å². The molecule has 1 rings (SSSR count). The standard InChI is InChI=1S/C12H19N2O2/c1-7-9(2)10(3)11(4,14(5)8-13)12(10,15)16-6/h7-8,13,15H,1-2,5H2,3-4,6H3/q+1. The SMILES string of the molecule is C=CC(=C)C1(C)C(O)(OC)C1(C)[N+](=C)C=N. The quantitative estimate of drug-likeness (QED) is 0.242. The summed E-state index contributed by atoms with van der Waals surface area (Å²) in [6, 6.07) is 0. The first-order valence-electron chi connectivity index (χ1n) is 4.97. The third-order valence-corrected chi connectivity index (χ3v) is 4.16. The largest absolute Gasteiger partial charge is 0.361 e. The predicted molar refractivity (Wildman–Crippen MR) is 64.0 cm³/mol. The van der Waals surface area contributed by atoms with E-state index >= 15 is 0 Å². The lowest BCUT2D eigenvalue weighted by Crippen LogP contribution is -2.34. The van der Waals surface area contributed by atoms with Crippen LogP contribution >= 0.6 is 0 Å². The van der Waals surface area contributed by atoms with Gasteiger partial charge in [0.15, 0.2) is 5.54 Å². The Balaban J connectivity index is 3.33. The number of hydrogen-bond donors (Lipinski definition) is 2. The number of hydrogen-bond acceptors (Lipinski definition) is 3. The van der Waals surface area contributed by atoms with E-state index in [0.717, 1.165) is 6.34 Å². The van der Waals surface area contributed by atoms with Crippen LogP contribution in [0.1, 0.15) is 13.8 Å². The van der Waals surface area contributed by atoms with E-state index in [-0.39, 0.29) is 0 Å². The lowest BCUT2D eigenvalue weighted by atomic mass is 9.93. The first-order valence-corrected chi connectivity index (χ1v) is 4.97. The normalized spacial score (nSPS) is 41.2. The molecular weight excluding hydrogens is 204 g/mol. The second kappa shape index (κ2) is 3.37. The zero-order chi connectivity index (χ0) is 12.8. The molecule has 4 heteroatoms. The summed E-state index contributed by atoms with van der Waals surface area (Å²) < 4.78 is 6.57. The highest BCUT2D eigenvalue weighted by molar-refractivity contribution is 5.52. The molecule has 2 N–H and O–H groups in total. The molecule has 0 amide bonds. The van der Waals surface area contributed by atoms with Crippen molar-refractivity contribution < 1.29 is 14.4 Å². The molecule has 0 bridgehead atoms. The Hall–Kier alpha value is -1.26. The Morgan fingerprint density at radius 2 is 2.00 bits per heavy atom. The van der Waals surface area contributed by atoms with Crippen LogP contribution in [0.25, 0.3) is 0 Å². The Morgan fingerprint density at radius 1 is 1.50 bits per heavy atom. The molecule has 0 heterocycles. The number of nitrogens with zero attached hydrogens (tertiary/aromatic N) is 1. The van der Waals surface area contributed by atoms with Gasteiger partial charge < -0.3 is 9.84 Å². The van der Waals surface area contributed by atoms with E-state index in [0.29, 0.717) is 5.57 Å². The highest BCUT2D eigenvalue weighted by Crippen LogP contribution is 2.70. The Kier molecular flexibility index (Phi) is 2.69. The molecule has 3 atom stereocenters. The van der Waals surface area contributed by atoms with E-state index in [1.807, 2.05) is 6.92 Å². The smallest absolute Gasteiger partial charge is 0.277 e. The van der Waals surface area contributed by atoms with E-state index in [1.54, 1.807) is 13.0 Å². The number of rotatable bonds is 5. The molecule has 4 nitrogen and oxygen atoms in total. The topological polar surface area (TPSA) is 56.3 Å². The van der Waals surface area contributed by atoms with Gasteiger partial charge in [-0.1, -0.05) is 19.2 Å². The zero-order valence-corrected chi connectivity index (χ0v) is 10.1. The number of aliphatic hydroxyl groups is 1. The van der Waals surface area contributed by atoms with E-state index in [2.05, 4.69) is 19.9 Å². The summed E-state index contributed by atoms with van der Waals surface area (Å²) in [5.74, 6) is -1.41. The van der Waals surface area contributed by atoms with Gasteiger partial charge in [-0.05, 0) is 19.4 Å². The van der Waals surface area contributed by atoms with Gasteiger partial charge in [-0.2, -0.15) is 0 Å². The van der Waals surface area contributed by atoms with Gasteiger partial charge in [-0.15, -0.1) is 5.41 Å². The molecule has 0 saturated heterocycles. The van der Waals surface area contributed by atoms with Gasteiger partial charge in [0, 0.05) is 7.11 Å². The van der Waals surface area contributed by atoms with Crippen molar-refractivity contribution in [1.82, 2.24) is 0 Å². The second-order valence-corrected chi connectivity index (χ2v) is 4.37. The average molecular weight is 223 g/mol. The molecule has 0 aromatic rings. The molecule has 0 aromatic carbocycles. The van der Waals surface area contributed by atoms with Crippen LogP contribution in [0.15, 0.2) is 24.8 Å². The van der Waals surface area contributed by atoms with Crippen molar-refractivity contribution in [3.8, 4) is 0 Å². The highest BCUT2D eigenvalue weighted by atomic mass is 16.6. The van der Waals surface area contributed by atoms with E-state index in [9.17, 15) is 5.11 Å². The van der Waals surface area contributed by atoms with Crippen LogP contribution in [0.2, 0.25) is 0 Å². The van der Waals surface area contributed by atoms with Crippen LogP contribution in [-0.2, 0) is 4.74 Å². The summed E-state index contributed by atoms with van der Waals surface area (Å²) in [7, 11) is 1.43. The monoisotopic (exact) mass is 223 g/mol. The van der Waals surface area contributed by atoms with Crippen molar-refractivity contribution >= 4 is 13.1 Å². The van der Waals surface area contributed by atoms with Gasteiger partial charge in [0.1, 0.15) is 0 Å². The summed E-state index contributed by atoms with van der Waals surface area (Å²) >= 11 is 0. The van der Waals surface area contributed by atoms with Gasteiger partial charge in [-0.25, -0.2) is 4.58 Å². The van der Waals surface area contributed by atoms with E-state index < -0.39 is 16.7 Å². The summed E-state index contributed by atoms with van der Waals surface area (Å²) in [5, 5.41) is 17.7. The maximum absolute atomic E-state index is 10.5. The van der Waals surface area contributed by atoms with Crippen LogP contribution in [0, 0.1) is 10.8 Å². The third-order valence-electron chi connectivity index (χ3n) is 4.16. The molecule has 0 aliphatic heterocycles. The van der Waals surface area contributed by atoms with Crippen LogP contribution in [0.5, 0.6) is 0 Å². The van der Waals surface area contributed by atoms with Gasteiger partial charge in [-0.3, -0.25) is 0 Å². The molecular formula is C12H19N2O2+. The molecule has 1 saturated carbocycles. The van der Waals surface area contributed by atoms with Crippen molar-refractivity contribution in [3.05, 3.63) is 24.8 Å². The third kappa shape index (κ3) is 0.961. The lowest BCUT2D eigenvalue weighted by molar-refractivity contribution is -0.479. The van der Waals surface area contributed by atoms with Crippen molar-refractivity contribution in [2.75, 3.05) is 7.11 Å². The first kappa shape index (κ1) is 12.8. The van der Waals surface area contributed by atoms with Crippen LogP contribution in [-0.4, -0.2) is 41.2 Å². The first-order chi connectivity index (χ1) is 7.27. The zero-order valence-electron chi connectivity index (χ0n) is 10.1. The molecule has 0 radical (unpaired) electrons. The van der Waals surface area contributed by atoms with Crippen LogP contribution in [0.4, 0.5) is 0 Å². The minimum absolute atomic E-state index is 0.662. The highest BCUT2D eigenvalue weighted by Gasteiger charge is 2.89. The van der Waals surface area contributed by atoms with Gasteiger partial charge in [0.05, 0.1) is 12.1 Å². The summed E-state index contributed by atoms with van der Waals surface area (Å²) in [4.78, 5) is 0. The molecule has 0 spiro atoms. The van der Waals surface area contributed by atoms with E-state index in [1.165, 1.54) is 11.7 Å². The van der Waals surface area contributed by atoms with Gasteiger partial charge >= 0.3 is 0 Å². The molecule has 88 valence electrons. The van der Waals surface area contributed by atoms with Gasteiger partial charge in [0.25, 0.3) is 6.34 Å². The number of ether oxygens (including phenoxy) is 1. The Labute approximate surface area is 96.1 Å². The molecule has 1 fully saturated rings. The number of allylic oxidation sites excluding steroid dienone is 1. The fraction of sp³-hybridized carbons (Fsp3) is 0.500. The maximum Gasteiger partial charge on any atom is 0.277 e. The second-order valence-electron chi connectivity index (χ2n) is 4.37. The number of methoxy groups -OCH3 is 1. The fourth-order valence-electron chi connectivity index (χ4n) is 2.57. The summed E-state index contributed by atoms with van der Waals surface area (Å²) in [6.07, 6.45) is 2.65.